The van der Waals surface area contributed by atoms with Crippen molar-refractivity contribution in [3.8, 4) is 11.5 Å². The first-order valence-electron chi connectivity index (χ1n) is 8.61. The molecule has 0 heterocycles. The Hall–Kier alpha value is -2.29. The van der Waals surface area contributed by atoms with Gasteiger partial charge in [0, 0.05) is 24.8 Å². The molecule has 0 fully saturated rings. The molecule has 2 aromatic carbocycles. The summed E-state index contributed by atoms with van der Waals surface area (Å²) in [5, 5.41) is 0. The Bertz CT molecular complexity index is 837. The third kappa shape index (κ3) is 6.42. The zero-order valence-electron chi connectivity index (χ0n) is 15.9. The predicted molar refractivity (Wildman–Crippen MR) is 107 cm³/mol. The van der Waals surface area contributed by atoms with Crippen LogP contribution in [0.3, 0.4) is 0 Å². The molecule has 0 bridgehead atoms. The molecule has 0 aliphatic carbocycles. The van der Waals surface area contributed by atoms with E-state index in [1.165, 1.54) is 12.1 Å². The van der Waals surface area contributed by atoms with Gasteiger partial charge < -0.3 is 20.1 Å². The van der Waals surface area contributed by atoms with Gasteiger partial charge in [-0.05, 0) is 56.4 Å². The highest BCUT2D eigenvalue weighted by molar-refractivity contribution is 7.89. The van der Waals surface area contributed by atoms with Crippen LogP contribution in [-0.2, 0) is 16.4 Å². The number of likely N-dealkylation sites (N-methyl/N-ethyl adjacent to an activating group) is 1. The van der Waals surface area contributed by atoms with E-state index in [1.807, 2.05) is 37.2 Å². The Kier molecular flexibility index (Phi) is 7.46. The number of rotatable bonds is 10. The molecule has 2 aromatic rings. The zero-order chi connectivity index (χ0) is 19.9. The number of ether oxygens (including phenoxy) is 2. The summed E-state index contributed by atoms with van der Waals surface area (Å²) in [4.78, 5) is 2.22. The van der Waals surface area contributed by atoms with Gasteiger partial charge in [-0.3, -0.25) is 0 Å². The van der Waals surface area contributed by atoms with Crippen LogP contribution in [0, 0.1) is 0 Å². The van der Waals surface area contributed by atoms with Gasteiger partial charge in [0.25, 0.3) is 0 Å². The van der Waals surface area contributed by atoms with E-state index in [0.717, 1.165) is 12.1 Å². The van der Waals surface area contributed by atoms with Crippen LogP contribution in [0.4, 0.5) is 5.69 Å². The minimum atomic E-state index is -3.58. The summed E-state index contributed by atoms with van der Waals surface area (Å²) in [5.41, 5.74) is 7.03. The maximum absolute atomic E-state index is 12.4. The molecule has 0 radical (unpaired) electrons. The van der Waals surface area contributed by atoms with E-state index in [2.05, 4.69) is 4.72 Å². The first-order chi connectivity index (χ1) is 12.8. The largest absolute Gasteiger partial charge is 0.497 e. The lowest BCUT2D eigenvalue weighted by atomic mass is 10.1. The van der Waals surface area contributed by atoms with Gasteiger partial charge in [0.15, 0.2) is 0 Å². The number of hydrogen-bond acceptors (Lipinski definition) is 6. The first kappa shape index (κ1) is 21.0. The molecule has 0 saturated heterocycles. The summed E-state index contributed by atoms with van der Waals surface area (Å²) in [6, 6.07) is 11.6. The fourth-order valence-corrected chi connectivity index (χ4v) is 3.42. The molecule has 0 atom stereocenters. The van der Waals surface area contributed by atoms with E-state index in [9.17, 15) is 8.42 Å². The Morgan fingerprint density at radius 1 is 1.11 bits per heavy atom. The lowest BCUT2D eigenvalue weighted by molar-refractivity contribution is 0.258. The second-order valence-electron chi connectivity index (χ2n) is 6.34. The average Bonchev–Trinajstić information content (AvgIpc) is 2.62. The van der Waals surface area contributed by atoms with Crippen molar-refractivity contribution in [2.75, 3.05) is 46.6 Å². The lowest BCUT2D eigenvalue weighted by Crippen LogP contribution is -2.26. The third-order valence-electron chi connectivity index (χ3n) is 3.95. The van der Waals surface area contributed by atoms with Crippen molar-refractivity contribution >= 4 is 15.7 Å². The number of nitrogens with one attached hydrogen (secondary N) is 1. The summed E-state index contributed by atoms with van der Waals surface area (Å²) in [7, 11) is 1.97. The van der Waals surface area contributed by atoms with Crippen molar-refractivity contribution in [2.45, 2.75) is 11.3 Å². The minimum absolute atomic E-state index is 0.189. The molecule has 0 unspecified atom stereocenters. The van der Waals surface area contributed by atoms with Crippen molar-refractivity contribution in [1.29, 1.82) is 0 Å². The standard InChI is InChI=1S/C19H27N3O4S/c1-22(2)12-13-26-19-14-17(25-3)7-4-15(19)10-11-21-27(23,24)18-8-5-16(20)6-9-18/h4-9,14,21H,10-13,20H2,1-3H3. The van der Waals surface area contributed by atoms with Crippen LogP contribution >= 0.6 is 0 Å². The van der Waals surface area contributed by atoms with Gasteiger partial charge in [0.1, 0.15) is 18.1 Å². The van der Waals surface area contributed by atoms with E-state index in [1.54, 1.807) is 19.2 Å². The quantitative estimate of drug-likeness (QED) is 0.597. The summed E-state index contributed by atoms with van der Waals surface area (Å²) in [6.07, 6.45) is 0.496. The summed E-state index contributed by atoms with van der Waals surface area (Å²) in [6.45, 7) is 1.56. The molecule has 0 spiro atoms. The lowest BCUT2D eigenvalue weighted by Gasteiger charge is -2.15. The van der Waals surface area contributed by atoms with Gasteiger partial charge in [0.2, 0.25) is 10.0 Å². The molecule has 148 valence electrons. The van der Waals surface area contributed by atoms with E-state index in [0.29, 0.717) is 30.2 Å². The SMILES string of the molecule is COc1ccc(CCNS(=O)(=O)c2ccc(N)cc2)c(OCCN(C)C)c1. The van der Waals surface area contributed by atoms with Gasteiger partial charge >= 0.3 is 0 Å². The number of nitrogens with zero attached hydrogens (tertiary/aromatic N) is 1. The van der Waals surface area contributed by atoms with E-state index in [4.69, 9.17) is 15.2 Å². The second kappa shape index (κ2) is 9.59. The molecule has 8 heteroatoms. The van der Waals surface area contributed by atoms with Crippen LogP contribution in [0.25, 0.3) is 0 Å². The van der Waals surface area contributed by atoms with E-state index < -0.39 is 10.0 Å². The molecule has 2 rings (SSSR count). The van der Waals surface area contributed by atoms with E-state index in [-0.39, 0.29) is 11.4 Å². The Labute approximate surface area is 161 Å². The summed E-state index contributed by atoms with van der Waals surface area (Å²) >= 11 is 0. The van der Waals surface area contributed by atoms with Crippen molar-refractivity contribution in [3.63, 3.8) is 0 Å². The van der Waals surface area contributed by atoms with Gasteiger partial charge in [-0.25, -0.2) is 13.1 Å². The molecule has 27 heavy (non-hydrogen) atoms. The fraction of sp³-hybridized carbons (Fsp3) is 0.368. The number of methoxy groups -OCH3 is 1. The molecule has 0 saturated carbocycles. The highest BCUT2D eigenvalue weighted by Crippen LogP contribution is 2.25. The number of benzene rings is 2. The summed E-state index contributed by atoms with van der Waals surface area (Å²) in [5.74, 6) is 1.39. The topological polar surface area (TPSA) is 93.9 Å². The molecule has 7 nitrogen and oxygen atoms in total. The summed E-state index contributed by atoms with van der Waals surface area (Å²) < 4.78 is 38.4. The van der Waals surface area contributed by atoms with Crippen molar-refractivity contribution < 1.29 is 17.9 Å². The van der Waals surface area contributed by atoms with Crippen LogP contribution < -0.4 is 19.9 Å². The maximum Gasteiger partial charge on any atom is 0.240 e. The molecule has 0 amide bonds. The van der Waals surface area contributed by atoms with Gasteiger partial charge in [-0.2, -0.15) is 0 Å². The van der Waals surface area contributed by atoms with Crippen molar-refractivity contribution in [3.05, 3.63) is 48.0 Å². The number of sulfonamides is 1. The Balaban J connectivity index is 2.02. The highest BCUT2D eigenvalue weighted by Gasteiger charge is 2.14. The average molecular weight is 394 g/mol. The normalized spacial score (nSPS) is 11.6. The molecule has 0 aliphatic heterocycles. The smallest absolute Gasteiger partial charge is 0.240 e. The minimum Gasteiger partial charge on any atom is -0.497 e. The Morgan fingerprint density at radius 3 is 2.44 bits per heavy atom. The molecule has 0 aromatic heterocycles. The monoisotopic (exact) mass is 393 g/mol. The number of anilines is 1. The third-order valence-corrected chi connectivity index (χ3v) is 5.42. The van der Waals surface area contributed by atoms with Crippen LogP contribution in [0.1, 0.15) is 5.56 Å². The van der Waals surface area contributed by atoms with Crippen molar-refractivity contribution in [2.24, 2.45) is 0 Å². The second-order valence-corrected chi connectivity index (χ2v) is 8.11. The molecular formula is C19H27N3O4S. The highest BCUT2D eigenvalue weighted by atomic mass is 32.2. The number of nitrogen functional groups attached to an aromatic ring is 1. The van der Waals surface area contributed by atoms with E-state index >= 15 is 0 Å². The molecule has 0 aliphatic rings. The van der Waals surface area contributed by atoms with Crippen molar-refractivity contribution in [1.82, 2.24) is 9.62 Å². The van der Waals surface area contributed by atoms with Gasteiger partial charge in [0.05, 0.1) is 12.0 Å². The van der Waals surface area contributed by atoms with Crippen LogP contribution in [0.15, 0.2) is 47.4 Å². The predicted octanol–water partition coefficient (Wildman–Crippen LogP) is 1.74. The number of hydrogen-bond donors (Lipinski definition) is 2. The van der Waals surface area contributed by atoms with Gasteiger partial charge in [-0.15, -0.1) is 0 Å². The number of nitrogens with two attached hydrogens (primary N) is 1. The van der Waals surface area contributed by atoms with Gasteiger partial charge in [-0.1, -0.05) is 6.07 Å². The Morgan fingerprint density at radius 2 is 1.81 bits per heavy atom. The van der Waals surface area contributed by atoms with Crippen LogP contribution in [0.2, 0.25) is 0 Å². The molecular weight excluding hydrogens is 366 g/mol. The zero-order valence-corrected chi connectivity index (χ0v) is 16.8. The first-order valence-corrected chi connectivity index (χ1v) is 10.1. The maximum atomic E-state index is 12.4. The fourth-order valence-electron chi connectivity index (χ4n) is 2.39. The van der Waals surface area contributed by atoms with Crippen LogP contribution in [-0.4, -0.2) is 54.2 Å². The van der Waals surface area contributed by atoms with Crippen LogP contribution in [0.5, 0.6) is 11.5 Å². The molecule has 3 N–H and O–H groups in total.